The highest BCUT2D eigenvalue weighted by Crippen LogP contribution is 2.54. The van der Waals surface area contributed by atoms with Crippen molar-refractivity contribution in [2.45, 2.75) is 59.3 Å². The van der Waals surface area contributed by atoms with E-state index in [-0.39, 0.29) is 29.0 Å². The van der Waals surface area contributed by atoms with Crippen LogP contribution in [0.2, 0.25) is 0 Å². The second-order valence-electron chi connectivity index (χ2n) is 10.6. The molecule has 0 bridgehead atoms. The van der Waals surface area contributed by atoms with Crippen LogP contribution in [0.15, 0.2) is 39.3 Å². The lowest BCUT2D eigenvalue weighted by Crippen LogP contribution is -2.37. The van der Waals surface area contributed by atoms with Crippen molar-refractivity contribution in [1.29, 1.82) is 5.26 Å². The number of Topliss-reactive ketones (excluding diaryl/α,β-unsaturated/α-hetero) is 2. The summed E-state index contributed by atoms with van der Waals surface area (Å²) in [5.74, 6) is 1.68. The molecule has 0 radical (unpaired) electrons. The maximum absolute atomic E-state index is 13.4. The molecule has 0 atom stereocenters. The van der Waals surface area contributed by atoms with Crippen LogP contribution in [0.1, 0.15) is 64.9 Å². The van der Waals surface area contributed by atoms with Crippen LogP contribution in [0.5, 0.6) is 11.5 Å². The van der Waals surface area contributed by atoms with E-state index in [9.17, 15) is 9.59 Å². The number of allylic oxidation sites excluding steroid dienone is 4. The van der Waals surface area contributed by atoms with E-state index < -0.39 is 5.92 Å². The average molecular weight is 514 g/mol. The van der Waals surface area contributed by atoms with Gasteiger partial charge < -0.3 is 14.2 Å². The molecule has 2 aliphatic carbocycles. The van der Waals surface area contributed by atoms with Gasteiger partial charge in [-0.3, -0.25) is 9.59 Å². The summed E-state index contributed by atoms with van der Waals surface area (Å²) in [6, 6.07) is 5.60. The first kappa shape index (κ1) is 23.6. The molecule has 0 unspecified atom stereocenters. The van der Waals surface area contributed by atoms with Gasteiger partial charge in [-0.05, 0) is 44.5 Å². The maximum Gasteiger partial charge on any atom is 0.176 e. The van der Waals surface area contributed by atoms with Crippen LogP contribution in [0.25, 0.3) is 0 Å². The summed E-state index contributed by atoms with van der Waals surface area (Å²) in [7, 11) is 1.52. The number of methoxy groups -OCH3 is 1. The number of rotatable bonds is 4. The van der Waals surface area contributed by atoms with Gasteiger partial charge in [-0.1, -0.05) is 27.7 Å². The van der Waals surface area contributed by atoms with E-state index in [2.05, 4.69) is 43.6 Å². The largest absolute Gasteiger partial charge is 0.493 e. The molecule has 1 aliphatic heterocycles. The molecular formula is C26H28BrNO5. The van der Waals surface area contributed by atoms with Gasteiger partial charge in [0, 0.05) is 42.7 Å². The Bertz CT molecular complexity index is 1100. The summed E-state index contributed by atoms with van der Waals surface area (Å²) >= 11 is 3.53. The minimum absolute atomic E-state index is 0.00956. The highest BCUT2D eigenvalue weighted by molar-refractivity contribution is 9.10. The van der Waals surface area contributed by atoms with E-state index in [4.69, 9.17) is 19.5 Å². The second-order valence-corrected chi connectivity index (χ2v) is 11.4. The number of carbonyl (C=O) groups is 2. The molecule has 33 heavy (non-hydrogen) atoms. The monoisotopic (exact) mass is 513 g/mol. The van der Waals surface area contributed by atoms with Gasteiger partial charge >= 0.3 is 0 Å². The van der Waals surface area contributed by atoms with Crippen molar-refractivity contribution in [3.05, 3.63) is 44.8 Å². The number of hydrogen-bond acceptors (Lipinski definition) is 6. The number of nitriles is 1. The maximum atomic E-state index is 13.4. The van der Waals surface area contributed by atoms with E-state index in [0.29, 0.717) is 64.3 Å². The van der Waals surface area contributed by atoms with Gasteiger partial charge in [-0.2, -0.15) is 5.26 Å². The molecule has 3 aliphatic rings. The van der Waals surface area contributed by atoms with Crippen LogP contribution in [-0.4, -0.2) is 25.3 Å². The highest BCUT2D eigenvalue weighted by atomic mass is 79.9. The predicted molar refractivity (Wildman–Crippen MR) is 126 cm³/mol. The molecule has 0 saturated carbocycles. The standard InChI is InChI=1S/C26H28BrNO5/c1-25(2)10-16(29)22-19(12-25)33-20-13-26(3,4)11-17(30)23(20)21(22)14-8-15(27)24(32-7-6-28)18(9-14)31-5/h8-9,21H,7,10-13H2,1-5H3. The molecule has 0 spiro atoms. The molecule has 0 saturated heterocycles. The molecule has 0 amide bonds. The van der Waals surface area contributed by atoms with Gasteiger partial charge in [-0.15, -0.1) is 0 Å². The first-order chi connectivity index (χ1) is 15.5. The van der Waals surface area contributed by atoms with Crippen LogP contribution in [0, 0.1) is 22.2 Å². The molecule has 0 fully saturated rings. The van der Waals surface area contributed by atoms with Crippen molar-refractivity contribution in [1.82, 2.24) is 0 Å². The number of halogens is 1. The summed E-state index contributed by atoms with van der Waals surface area (Å²) in [6.45, 7) is 8.13. The number of nitrogens with zero attached hydrogens (tertiary/aromatic N) is 1. The number of benzene rings is 1. The normalized spacial score (nSPS) is 21.7. The first-order valence-corrected chi connectivity index (χ1v) is 11.8. The number of ketones is 2. The van der Waals surface area contributed by atoms with Gasteiger partial charge in [0.25, 0.3) is 0 Å². The Hall–Kier alpha value is -2.59. The van der Waals surface area contributed by atoms with Gasteiger partial charge in [0.1, 0.15) is 17.6 Å². The fraction of sp³-hybridized carbons (Fsp3) is 0.500. The van der Waals surface area contributed by atoms with E-state index in [0.717, 1.165) is 5.56 Å². The van der Waals surface area contributed by atoms with Crippen molar-refractivity contribution in [3.63, 3.8) is 0 Å². The predicted octanol–water partition coefficient (Wildman–Crippen LogP) is 5.76. The number of carbonyl (C=O) groups excluding carboxylic acids is 2. The third kappa shape index (κ3) is 4.33. The van der Waals surface area contributed by atoms with E-state index in [1.165, 1.54) is 7.11 Å². The zero-order valence-corrected chi connectivity index (χ0v) is 21.2. The molecule has 1 aromatic rings. The molecule has 1 heterocycles. The molecule has 7 heteroatoms. The molecule has 0 aromatic heterocycles. The van der Waals surface area contributed by atoms with Gasteiger partial charge in [0.2, 0.25) is 0 Å². The van der Waals surface area contributed by atoms with Crippen molar-refractivity contribution in [3.8, 4) is 17.6 Å². The summed E-state index contributed by atoms with van der Waals surface area (Å²) in [4.78, 5) is 26.8. The lowest BCUT2D eigenvalue weighted by Gasteiger charge is -2.42. The van der Waals surface area contributed by atoms with Gasteiger partial charge in [0.05, 0.1) is 11.6 Å². The van der Waals surface area contributed by atoms with Gasteiger partial charge in [-0.25, -0.2) is 0 Å². The van der Waals surface area contributed by atoms with Crippen LogP contribution in [0.4, 0.5) is 0 Å². The third-order valence-corrected chi connectivity index (χ3v) is 7.04. The number of ether oxygens (including phenoxy) is 3. The summed E-state index contributed by atoms with van der Waals surface area (Å²) in [5.41, 5.74) is 1.48. The number of hydrogen-bond donors (Lipinski definition) is 0. The molecule has 174 valence electrons. The van der Waals surface area contributed by atoms with Gasteiger partial charge in [0.15, 0.2) is 29.7 Å². The summed E-state index contributed by atoms with van der Waals surface area (Å²) in [5, 5.41) is 8.91. The Kier molecular flexibility index (Phi) is 5.94. The Morgan fingerprint density at radius 2 is 1.58 bits per heavy atom. The summed E-state index contributed by atoms with van der Waals surface area (Å²) < 4.78 is 18.0. The smallest absolute Gasteiger partial charge is 0.176 e. The Balaban J connectivity index is 1.92. The lowest BCUT2D eigenvalue weighted by atomic mass is 9.65. The lowest BCUT2D eigenvalue weighted by molar-refractivity contribution is -0.120. The SMILES string of the molecule is COc1cc(C2C3=C(CC(C)(C)CC3=O)OC3=C2C(=O)CC(C)(C)C3)cc(Br)c1OCC#N. The van der Waals surface area contributed by atoms with Crippen molar-refractivity contribution in [2.75, 3.05) is 13.7 Å². The first-order valence-electron chi connectivity index (χ1n) is 11.0. The Morgan fingerprint density at radius 3 is 2.06 bits per heavy atom. The van der Waals surface area contributed by atoms with Crippen LogP contribution < -0.4 is 9.47 Å². The van der Waals surface area contributed by atoms with E-state index in [1.807, 2.05) is 12.1 Å². The highest BCUT2D eigenvalue weighted by Gasteiger charge is 2.48. The molecular weight excluding hydrogens is 486 g/mol. The fourth-order valence-corrected chi connectivity index (χ4v) is 5.73. The minimum atomic E-state index is -0.522. The quantitative estimate of drug-likeness (QED) is 0.508. The van der Waals surface area contributed by atoms with Crippen LogP contribution >= 0.6 is 15.9 Å². The summed E-state index contributed by atoms with van der Waals surface area (Å²) in [6.07, 6.45) is 2.07. The topological polar surface area (TPSA) is 85.6 Å². The van der Waals surface area contributed by atoms with Crippen molar-refractivity contribution in [2.24, 2.45) is 10.8 Å². The van der Waals surface area contributed by atoms with Crippen molar-refractivity contribution >= 4 is 27.5 Å². The van der Waals surface area contributed by atoms with E-state index in [1.54, 1.807) is 6.07 Å². The Morgan fingerprint density at radius 1 is 1.03 bits per heavy atom. The molecule has 0 N–H and O–H groups in total. The molecule has 1 aromatic carbocycles. The average Bonchev–Trinajstić information content (AvgIpc) is 2.68. The second kappa shape index (κ2) is 8.32. The van der Waals surface area contributed by atoms with Crippen molar-refractivity contribution < 1.29 is 23.8 Å². The fourth-order valence-electron chi connectivity index (χ4n) is 5.16. The zero-order chi connectivity index (χ0) is 24.1. The Labute approximate surface area is 202 Å². The molecule has 4 rings (SSSR count). The van der Waals surface area contributed by atoms with Crippen LogP contribution in [-0.2, 0) is 14.3 Å². The zero-order valence-electron chi connectivity index (χ0n) is 19.6. The minimum Gasteiger partial charge on any atom is -0.493 e. The van der Waals surface area contributed by atoms with E-state index >= 15 is 0 Å². The third-order valence-electron chi connectivity index (χ3n) is 6.45. The molecule has 6 nitrogen and oxygen atoms in total. The van der Waals surface area contributed by atoms with Crippen LogP contribution in [0.3, 0.4) is 0 Å².